The van der Waals surface area contributed by atoms with E-state index in [9.17, 15) is 22.8 Å². The maximum atomic E-state index is 13.1. The van der Waals surface area contributed by atoms with Gasteiger partial charge < -0.3 is 20.1 Å². The van der Waals surface area contributed by atoms with Gasteiger partial charge in [-0.05, 0) is 25.1 Å². The Bertz CT molecular complexity index is 576. The molecule has 0 aliphatic carbocycles. The molecule has 0 bridgehead atoms. The molecule has 0 atom stereocenters. The van der Waals surface area contributed by atoms with Gasteiger partial charge in [0.2, 0.25) is 0 Å². The monoisotopic (exact) mass is 334 g/mol. The SMILES string of the molecule is CCOc1ccc(NC(=O)N(C)CCC(=O)O)c(C(F)(F)F)c1. The van der Waals surface area contributed by atoms with E-state index < -0.39 is 29.4 Å². The van der Waals surface area contributed by atoms with Crippen molar-refractivity contribution in [2.75, 3.05) is 25.5 Å². The molecule has 1 aromatic carbocycles. The molecule has 0 aliphatic heterocycles. The first kappa shape index (κ1) is 18.6. The zero-order valence-electron chi connectivity index (χ0n) is 12.6. The van der Waals surface area contributed by atoms with Gasteiger partial charge in [0, 0.05) is 13.6 Å². The maximum Gasteiger partial charge on any atom is 0.418 e. The summed E-state index contributed by atoms with van der Waals surface area (Å²) >= 11 is 0. The molecule has 23 heavy (non-hydrogen) atoms. The fourth-order valence-corrected chi connectivity index (χ4v) is 1.70. The largest absolute Gasteiger partial charge is 0.494 e. The minimum atomic E-state index is -4.67. The number of anilines is 1. The number of carbonyl (C=O) groups excluding carboxylic acids is 1. The van der Waals surface area contributed by atoms with Crippen LogP contribution in [-0.4, -0.2) is 42.2 Å². The van der Waals surface area contributed by atoms with Crippen molar-refractivity contribution in [2.45, 2.75) is 19.5 Å². The average molecular weight is 334 g/mol. The fraction of sp³-hybridized carbons (Fsp3) is 0.429. The Morgan fingerprint density at radius 3 is 2.52 bits per heavy atom. The van der Waals surface area contributed by atoms with Gasteiger partial charge in [0.25, 0.3) is 0 Å². The number of nitrogens with zero attached hydrogens (tertiary/aromatic N) is 1. The zero-order chi connectivity index (χ0) is 17.6. The molecule has 0 saturated carbocycles. The number of rotatable bonds is 6. The summed E-state index contributed by atoms with van der Waals surface area (Å²) in [5, 5.41) is 10.7. The Balaban J connectivity index is 2.94. The Morgan fingerprint density at radius 2 is 2.00 bits per heavy atom. The van der Waals surface area contributed by atoms with E-state index >= 15 is 0 Å². The molecule has 1 aromatic rings. The van der Waals surface area contributed by atoms with E-state index in [4.69, 9.17) is 9.84 Å². The third-order valence-electron chi connectivity index (χ3n) is 2.86. The van der Waals surface area contributed by atoms with Crippen LogP contribution in [0, 0.1) is 0 Å². The lowest BCUT2D eigenvalue weighted by Gasteiger charge is -2.20. The van der Waals surface area contributed by atoms with Crippen LogP contribution in [0.25, 0.3) is 0 Å². The highest BCUT2D eigenvalue weighted by Crippen LogP contribution is 2.37. The number of amides is 2. The normalized spacial score (nSPS) is 11.0. The van der Waals surface area contributed by atoms with Gasteiger partial charge in [-0.25, -0.2) is 4.79 Å². The predicted octanol–water partition coefficient (Wildman–Crippen LogP) is 3.04. The number of benzene rings is 1. The first-order chi connectivity index (χ1) is 10.6. The van der Waals surface area contributed by atoms with E-state index in [0.717, 1.165) is 17.0 Å². The molecular weight excluding hydrogens is 317 g/mol. The summed E-state index contributed by atoms with van der Waals surface area (Å²) in [6.45, 7) is 1.72. The summed E-state index contributed by atoms with van der Waals surface area (Å²) < 4.78 is 44.3. The van der Waals surface area contributed by atoms with Crippen LogP contribution in [0.2, 0.25) is 0 Å². The maximum absolute atomic E-state index is 13.1. The number of alkyl halides is 3. The molecule has 0 radical (unpaired) electrons. The third-order valence-corrected chi connectivity index (χ3v) is 2.86. The molecule has 0 spiro atoms. The van der Waals surface area contributed by atoms with Gasteiger partial charge in [-0.3, -0.25) is 4.79 Å². The van der Waals surface area contributed by atoms with Crippen molar-refractivity contribution in [2.24, 2.45) is 0 Å². The lowest BCUT2D eigenvalue weighted by Crippen LogP contribution is -2.33. The second kappa shape index (κ2) is 7.70. The number of ether oxygens (including phenoxy) is 1. The minimum absolute atomic E-state index is 0.0389. The van der Waals surface area contributed by atoms with Gasteiger partial charge in [-0.2, -0.15) is 13.2 Å². The van der Waals surface area contributed by atoms with Gasteiger partial charge in [0.05, 0.1) is 24.3 Å². The van der Waals surface area contributed by atoms with Gasteiger partial charge in [-0.15, -0.1) is 0 Å². The smallest absolute Gasteiger partial charge is 0.418 e. The number of nitrogens with one attached hydrogen (secondary N) is 1. The first-order valence-corrected chi connectivity index (χ1v) is 6.73. The molecular formula is C14H17F3N2O4. The van der Waals surface area contributed by atoms with Crippen LogP contribution in [0.4, 0.5) is 23.7 Å². The minimum Gasteiger partial charge on any atom is -0.494 e. The number of carbonyl (C=O) groups is 2. The number of carboxylic acids is 1. The predicted molar refractivity (Wildman–Crippen MR) is 76.5 cm³/mol. The number of aliphatic carboxylic acids is 1. The van der Waals surface area contributed by atoms with Gasteiger partial charge in [-0.1, -0.05) is 0 Å². The van der Waals surface area contributed by atoms with Crippen LogP contribution >= 0.6 is 0 Å². The zero-order valence-corrected chi connectivity index (χ0v) is 12.6. The van der Waals surface area contributed by atoms with Gasteiger partial charge in [0.1, 0.15) is 5.75 Å². The molecule has 128 valence electrons. The molecule has 0 heterocycles. The summed E-state index contributed by atoms with van der Waals surface area (Å²) in [7, 11) is 1.29. The number of urea groups is 1. The molecule has 0 saturated heterocycles. The first-order valence-electron chi connectivity index (χ1n) is 6.73. The lowest BCUT2D eigenvalue weighted by atomic mass is 10.1. The Labute approximate surface area is 130 Å². The third kappa shape index (κ3) is 5.68. The van der Waals surface area contributed by atoms with E-state index in [2.05, 4.69) is 5.32 Å². The second-order valence-electron chi connectivity index (χ2n) is 4.63. The van der Waals surface area contributed by atoms with Gasteiger partial charge >= 0.3 is 18.2 Å². The molecule has 2 N–H and O–H groups in total. The standard InChI is InChI=1S/C14H17F3N2O4/c1-3-23-9-4-5-11(10(8-9)14(15,16)17)18-13(22)19(2)7-6-12(20)21/h4-5,8H,3,6-7H2,1-2H3,(H,18,22)(H,20,21). The second-order valence-corrected chi connectivity index (χ2v) is 4.63. The number of halogens is 3. The Kier molecular flexibility index (Phi) is 6.23. The average Bonchev–Trinajstić information content (AvgIpc) is 2.45. The van der Waals surface area contributed by atoms with Crippen LogP contribution in [0.3, 0.4) is 0 Å². The van der Waals surface area contributed by atoms with Crippen molar-refractivity contribution in [3.05, 3.63) is 23.8 Å². The highest BCUT2D eigenvalue weighted by atomic mass is 19.4. The summed E-state index contributed by atoms with van der Waals surface area (Å²) in [6, 6.07) is 2.37. The van der Waals surface area contributed by atoms with Crippen molar-refractivity contribution < 1.29 is 32.6 Å². The summed E-state index contributed by atoms with van der Waals surface area (Å²) in [6.07, 6.45) is -4.98. The number of carboxylic acid groups (broad SMARTS) is 1. The molecule has 0 unspecified atom stereocenters. The Hall–Kier alpha value is -2.45. The van der Waals surface area contributed by atoms with E-state index in [1.165, 1.54) is 13.1 Å². The van der Waals surface area contributed by atoms with E-state index in [1.54, 1.807) is 6.92 Å². The molecule has 2 amide bonds. The molecule has 9 heteroatoms. The number of hydrogen-bond donors (Lipinski definition) is 2. The Morgan fingerprint density at radius 1 is 1.35 bits per heavy atom. The van der Waals surface area contributed by atoms with E-state index in [1.807, 2.05) is 0 Å². The van der Waals surface area contributed by atoms with Crippen molar-refractivity contribution in [1.82, 2.24) is 4.90 Å². The molecule has 0 aromatic heterocycles. The summed E-state index contributed by atoms with van der Waals surface area (Å²) in [5.41, 5.74) is -1.46. The lowest BCUT2D eigenvalue weighted by molar-refractivity contribution is -0.137. The molecule has 0 aliphatic rings. The highest BCUT2D eigenvalue weighted by Gasteiger charge is 2.34. The summed E-state index contributed by atoms with van der Waals surface area (Å²) in [5.74, 6) is -1.07. The van der Waals surface area contributed by atoms with E-state index in [-0.39, 0.29) is 25.3 Å². The summed E-state index contributed by atoms with van der Waals surface area (Å²) in [4.78, 5) is 23.3. The fourth-order valence-electron chi connectivity index (χ4n) is 1.70. The van der Waals surface area contributed by atoms with Crippen molar-refractivity contribution in [1.29, 1.82) is 0 Å². The van der Waals surface area contributed by atoms with Crippen molar-refractivity contribution in [3.63, 3.8) is 0 Å². The highest BCUT2D eigenvalue weighted by molar-refractivity contribution is 5.90. The van der Waals surface area contributed by atoms with Crippen molar-refractivity contribution >= 4 is 17.7 Å². The van der Waals surface area contributed by atoms with Crippen LogP contribution in [0.15, 0.2) is 18.2 Å². The van der Waals surface area contributed by atoms with Crippen LogP contribution in [0.1, 0.15) is 18.9 Å². The quantitative estimate of drug-likeness (QED) is 0.838. The molecule has 1 rings (SSSR count). The van der Waals surface area contributed by atoms with Gasteiger partial charge in [0.15, 0.2) is 0 Å². The van der Waals surface area contributed by atoms with Crippen molar-refractivity contribution in [3.8, 4) is 5.75 Å². The van der Waals surface area contributed by atoms with Crippen LogP contribution in [-0.2, 0) is 11.0 Å². The van der Waals surface area contributed by atoms with Crippen LogP contribution in [0.5, 0.6) is 5.75 Å². The molecule has 0 fully saturated rings. The molecule has 6 nitrogen and oxygen atoms in total. The number of hydrogen-bond acceptors (Lipinski definition) is 3. The van der Waals surface area contributed by atoms with E-state index in [0.29, 0.717) is 0 Å². The van der Waals surface area contributed by atoms with Crippen LogP contribution < -0.4 is 10.1 Å². The topological polar surface area (TPSA) is 78.9 Å².